The second-order valence-corrected chi connectivity index (χ2v) is 7.36. The number of hydrogen-bond donors (Lipinski definition) is 1. The van der Waals surface area contributed by atoms with Crippen LogP contribution in [0.5, 0.6) is 5.88 Å². The van der Waals surface area contributed by atoms with Gasteiger partial charge in [0.25, 0.3) is 0 Å². The van der Waals surface area contributed by atoms with E-state index in [0.717, 1.165) is 41.1 Å². The van der Waals surface area contributed by atoms with Crippen molar-refractivity contribution in [3.63, 3.8) is 0 Å². The van der Waals surface area contributed by atoms with E-state index in [1.165, 1.54) is 0 Å². The van der Waals surface area contributed by atoms with Crippen LogP contribution in [-0.4, -0.2) is 33.2 Å². The molecule has 1 aromatic heterocycles. The molecule has 0 spiro atoms. The average Bonchev–Trinajstić information content (AvgIpc) is 3.12. The van der Waals surface area contributed by atoms with E-state index in [9.17, 15) is 27.2 Å². The first kappa shape index (κ1) is 21.8. The Bertz CT molecular complexity index is 1250. The van der Waals surface area contributed by atoms with Crippen LogP contribution in [0.15, 0.2) is 36.4 Å². The van der Waals surface area contributed by atoms with E-state index in [-0.39, 0.29) is 41.4 Å². The smallest absolute Gasteiger partial charge is 0.417 e. The summed E-state index contributed by atoms with van der Waals surface area (Å²) in [5.74, 6) is -3.38. The molecule has 0 saturated carbocycles. The number of rotatable bonds is 4. The maximum Gasteiger partial charge on any atom is 0.417 e. The summed E-state index contributed by atoms with van der Waals surface area (Å²) in [5.41, 5.74) is -2.64. The van der Waals surface area contributed by atoms with Crippen molar-refractivity contribution in [1.82, 2.24) is 9.78 Å². The topological polar surface area (TPSA) is 81.4 Å². The monoisotopic (exact) mass is 468 g/mol. The van der Waals surface area contributed by atoms with Crippen molar-refractivity contribution in [2.75, 3.05) is 6.61 Å². The number of carboxylic acids is 1. The molecule has 0 radical (unpaired) electrons. The van der Waals surface area contributed by atoms with E-state index < -0.39 is 39.9 Å². The van der Waals surface area contributed by atoms with Crippen LogP contribution in [0.25, 0.3) is 5.69 Å². The van der Waals surface area contributed by atoms with Crippen LogP contribution in [0.1, 0.15) is 44.0 Å². The molecule has 3 aromatic rings. The summed E-state index contributed by atoms with van der Waals surface area (Å²) in [6.45, 7) is 0.223. The highest BCUT2D eigenvalue weighted by molar-refractivity contribution is 6.35. The molecule has 4 rings (SSSR count). The Kier molecular flexibility index (Phi) is 5.41. The van der Waals surface area contributed by atoms with Crippen LogP contribution in [0.2, 0.25) is 5.02 Å². The van der Waals surface area contributed by atoms with Gasteiger partial charge in [-0.1, -0.05) is 17.7 Å². The lowest BCUT2D eigenvalue weighted by Gasteiger charge is -2.16. The molecule has 2 aromatic carbocycles. The fraction of sp³-hybridized carbons (Fsp3) is 0.190. The largest absolute Gasteiger partial charge is 0.478 e. The van der Waals surface area contributed by atoms with E-state index in [1.54, 1.807) is 0 Å². The zero-order chi connectivity index (χ0) is 23.2. The van der Waals surface area contributed by atoms with Gasteiger partial charge >= 0.3 is 12.1 Å². The second kappa shape index (κ2) is 7.94. The maximum atomic E-state index is 14.6. The lowest BCUT2D eigenvalue weighted by molar-refractivity contribution is -0.137. The van der Waals surface area contributed by atoms with Crippen molar-refractivity contribution < 1.29 is 37.0 Å². The van der Waals surface area contributed by atoms with Gasteiger partial charge in [0.15, 0.2) is 0 Å². The van der Waals surface area contributed by atoms with Gasteiger partial charge in [0.1, 0.15) is 17.2 Å². The molecular formula is C21H13ClF4N2O4. The molecule has 0 fully saturated rings. The number of carbonyl (C=O) groups excluding carboxylic acids is 1. The van der Waals surface area contributed by atoms with E-state index in [4.69, 9.17) is 21.4 Å². The molecule has 11 heteroatoms. The third-order valence-corrected chi connectivity index (χ3v) is 5.25. The number of carboxylic acid groups (broad SMARTS) is 1. The minimum atomic E-state index is -4.84. The summed E-state index contributed by atoms with van der Waals surface area (Å²) < 4.78 is 61.7. The molecule has 1 N–H and O–H groups in total. The standard InChI is InChI=1S/C21H13ClF4N2O4/c22-13-5-1-4-12(21(24,25)26)16(13)18(29)17-11-3-2-8-32-19(11)28(27-17)15-7-6-10(20(30)31)9-14(15)23/h1,4-7,9H,2-3,8H2,(H,30,31). The van der Waals surface area contributed by atoms with Crippen LogP contribution >= 0.6 is 11.6 Å². The van der Waals surface area contributed by atoms with Crippen LogP contribution in [0.4, 0.5) is 17.6 Å². The van der Waals surface area contributed by atoms with Gasteiger partial charge in [-0.15, -0.1) is 0 Å². The molecule has 2 heterocycles. The molecule has 0 atom stereocenters. The fourth-order valence-corrected chi connectivity index (χ4v) is 3.75. The van der Waals surface area contributed by atoms with Crippen LogP contribution in [-0.2, 0) is 12.6 Å². The van der Waals surface area contributed by atoms with Crippen LogP contribution in [0.3, 0.4) is 0 Å². The van der Waals surface area contributed by atoms with Crippen LogP contribution < -0.4 is 4.74 Å². The van der Waals surface area contributed by atoms with Crippen molar-refractivity contribution in [1.29, 1.82) is 0 Å². The summed E-state index contributed by atoms with van der Waals surface area (Å²) >= 11 is 5.96. The summed E-state index contributed by atoms with van der Waals surface area (Å²) in [4.78, 5) is 24.3. The number of ketones is 1. The van der Waals surface area contributed by atoms with Crippen molar-refractivity contribution in [2.45, 2.75) is 19.0 Å². The van der Waals surface area contributed by atoms with Crippen LogP contribution in [0, 0.1) is 5.82 Å². The Morgan fingerprint density at radius 2 is 1.94 bits per heavy atom. The number of nitrogens with zero attached hydrogens (tertiary/aromatic N) is 2. The summed E-state index contributed by atoms with van der Waals surface area (Å²) in [5, 5.41) is 12.7. The zero-order valence-electron chi connectivity index (χ0n) is 16.0. The summed E-state index contributed by atoms with van der Waals surface area (Å²) in [6.07, 6.45) is -4.11. The fourth-order valence-electron chi connectivity index (χ4n) is 3.49. The molecule has 1 aliphatic heterocycles. The molecule has 0 unspecified atom stereocenters. The number of halogens is 5. The Morgan fingerprint density at radius 3 is 2.59 bits per heavy atom. The molecule has 1 aliphatic rings. The van der Waals surface area contributed by atoms with Gasteiger partial charge < -0.3 is 9.84 Å². The highest BCUT2D eigenvalue weighted by atomic mass is 35.5. The summed E-state index contributed by atoms with van der Waals surface area (Å²) in [6, 6.07) is 6.02. The van der Waals surface area contributed by atoms with E-state index in [0.29, 0.717) is 6.42 Å². The molecule has 6 nitrogen and oxygen atoms in total. The Balaban J connectivity index is 1.90. The SMILES string of the molecule is O=C(O)c1ccc(-n2nc(C(=O)c3c(Cl)cccc3C(F)(F)F)c3c2OCCC3)c(F)c1. The number of carbonyl (C=O) groups is 2. The molecule has 166 valence electrons. The van der Waals surface area contributed by atoms with Crippen molar-refractivity contribution in [3.05, 3.63) is 75.2 Å². The first-order valence-electron chi connectivity index (χ1n) is 9.28. The molecule has 0 bridgehead atoms. The van der Waals surface area contributed by atoms with E-state index >= 15 is 0 Å². The molecular weight excluding hydrogens is 456 g/mol. The minimum Gasteiger partial charge on any atom is -0.478 e. The number of benzene rings is 2. The van der Waals surface area contributed by atoms with Gasteiger partial charge in [0, 0.05) is 5.56 Å². The van der Waals surface area contributed by atoms with Gasteiger partial charge in [-0.2, -0.15) is 23.0 Å². The summed E-state index contributed by atoms with van der Waals surface area (Å²) in [7, 11) is 0. The Labute approximate surface area is 183 Å². The number of ether oxygens (including phenoxy) is 1. The normalized spacial score (nSPS) is 13.4. The number of alkyl halides is 3. The van der Waals surface area contributed by atoms with Gasteiger partial charge in [-0.05, 0) is 43.2 Å². The van der Waals surface area contributed by atoms with E-state index in [1.807, 2.05) is 0 Å². The number of fused-ring (bicyclic) bond motifs is 1. The van der Waals surface area contributed by atoms with Gasteiger partial charge in [0.05, 0.1) is 28.3 Å². The number of aromatic nitrogens is 2. The van der Waals surface area contributed by atoms with Crippen molar-refractivity contribution in [2.24, 2.45) is 0 Å². The highest BCUT2D eigenvalue weighted by Gasteiger charge is 2.38. The Hall–Kier alpha value is -3.40. The number of aromatic carboxylic acids is 1. The predicted molar refractivity (Wildman–Crippen MR) is 104 cm³/mol. The minimum absolute atomic E-state index is 0.00203. The first-order chi connectivity index (χ1) is 15.1. The third kappa shape index (κ3) is 3.70. The third-order valence-electron chi connectivity index (χ3n) is 4.93. The lowest BCUT2D eigenvalue weighted by Crippen LogP contribution is -2.16. The van der Waals surface area contributed by atoms with Gasteiger partial charge in [-0.25, -0.2) is 9.18 Å². The molecule has 32 heavy (non-hydrogen) atoms. The van der Waals surface area contributed by atoms with Crippen molar-refractivity contribution >= 4 is 23.4 Å². The average molecular weight is 469 g/mol. The second-order valence-electron chi connectivity index (χ2n) is 6.96. The van der Waals surface area contributed by atoms with Gasteiger partial charge in [-0.3, -0.25) is 4.79 Å². The molecule has 0 saturated heterocycles. The number of hydrogen-bond acceptors (Lipinski definition) is 4. The molecule has 0 amide bonds. The first-order valence-corrected chi connectivity index (χ1v) is 9.65. The predicted octanol–water partition coefficient (Wildman–Crippen LogP) is 4.94. The Morgan fingerprint density at radius 1 is 1.19 bits per heavy atom. The highest BCUT2D eigenvalue weighted by Crippen LogP contribution is 2.38. The van der Waals surface area contributed by atoms with Crippen molar-refractivity contribution in [3.8, 4) is 11.6 Å². The van der Waals surface area contributed by atoms with E-state index in [2.05, 4.69) is 5.10 Å². The molecule has 0 aliphatic carbocycles. The zero-order valence-corrected chi connectivity index (χ0v) is 16.8. The lowest BCUT2D eigenvalue weighted by atomic mass is 9.97. The van der Waals surface area contributed by atoms with Gasteiger partial charge in [0.2, 0.25) is 11.7 Å². The quantitative estimate of drug-likeness (QED) is 0.433. The maximum absolute atomic E-state index is 14.6.